The van der Waals surface area contributed by atoms with Crippen LogP contribution in [-0.4, -0.2) is 27.7 Å². The number of aryl methyl sites for hydroxylation is 3. The Balaban J connectivity index is 1.85. The van der Waals surface area contributed by atoms with Gasteiger partial charge in [-0.15, -0.1) is 0 Å². The molecular weight excluding hydrogens is 336 g/mol. The molecule has 2 N–H and O–H groups in total. The van der Waals surface area contributed by atoms with E-state index < -0.39 is 0 Å². The lowest BCUT2D eigenvalue weighted by Crippen LogP contribution is -2.38. The first-order chi connectivity index (χ1) is 12.0. The first-order valence-corrected chi connectivity index (χ1v) is 9.20. The van der Waals surface area contributed by atoms with Crippen molar-refractivity contribution >= 4 is 23.3 Å². The Morgan fingerprint density at radius 1 is 1.28 bits per heavy atom. The van der Waals surface area contributed by atoms with E-state index in [1.807, 2.05) is 37.8 Å². The molecule has 25 heavy (non-hydrogen) atoms. The van der Waals surface area contributed by atoms with Crippen LogP contribution in [0.5, 0.6) is 0 Å². The van der Waals surface area contributed by atoms with Gasteiger partial charge in [0, 0.05) is 28.5 Å². The van der Waals surface area contributed by atoms with Crippen LogP contribution >= 0.6 is 11.6 Å². The Morgan fingerprint density at radius 2 is 2.08 bits per heavy atom. The summed E-state index contributed by atoms with van der Waals surface area (Å²) in [5.74, 6) is 0. The quantitative estimate of drug-likeness (QED) is 0.779. The topological polar surface area (TPSA) is 61.0 Å². The zero-order valence-corrected chi connectivity index (χ0v) is 15.8. The number of anilines is 1. The number of hydrogen-bond donors (Lipinski definition) is 2. The molecule has 3 rings (SSSR count). The normalized spacial score (nSPS) is 18.1. The number of carbonyl (C=O) groups excluding carboxylic acids is 1. The third kappa shape index (κ3) is 3.82. The summed E-state index contributed by atoms with van der Waals surface area (Å²) in [5, 5.41) is 11.0. The lowest BCUT2D eigenvalue weighted by atomic mass is 9.99. The molecule has 0 saturated carbocycles. The number of urea groups is 1. The van der Waals surface area contributed by atoms with Crippen molar-refractivity contribution in [3.8, 4) is 0 Å². The smallest absolute Gasteiger partial charge is 0.317 e. The minimum absolute atomic E-state index is 0.0576. The number of amides is 2. The standard InChI is InChI=1S/C19H25ClN4O/c1-12-8-9-15(11-16(12)20)21-19(25)24-10-6-4-5-7-17(24)18-13(2)22-23-14(18)3/h8-9,11,17H,4-7,10H2,1-3H3,(H,21,25)(H,22,23)/t17-/m0/s1. The van der Waals surface area contributed by atoms with Crippen LogP contribution in [0.15, 0.2) is 18.2 Å². The predicted molar refractivity (Wildman–Crippen MR) is 101 cm³/mol. The second-order valence-corrected chi connectivity index (χ2v) is 7.21. The first kappa shape index (κ1) is 17.8. The first-order valence-electron chi connectivity index (χ1n) is 8.82. The van der Waals surface area contributed by atoms with E-state index in [4.69, 9.17) is 11.6 Å². The number of H-pyrrole nitrogens is 1. The summed E-state index contributed by atoms with van der Waals surface area (Å²) in [6.45, 7) is 6.72. The molecule has 1 aliphatic heterocycles. The van der Waals surface area contributed by atoms with Crippen LogP contribution in [0.2, 0.25) is 5.02 Å². The van der Waals surface area contributed by atoms with Gasteiger partial charge in [-0.2, -0.15) is 5.10 Å². The molecule has 0 aliphatic carbocycles. The van der Waals surface area contributed by atoms with E-state index in [1.165, 1.54) is 0 Å². The van der Waals surface area contributed by atoms with E-state index in [0.717, 1.165) is 60.4 Å². The maximum absolute atomic E-state index is 13.0. The van der Waals surface area contributed by atoms with Crippen LogP contribution in [-0.2, 0) is 0 Å². The Kier molecular flexibility index (Phi) is 5.33. The zero-order valence-electron chi connectivity index (χ0n) is 15.0. The van der Waals surface area contributed by atoms with E-state index in [-0.39, 0.29) is 12.1 Å². The Morgan fingerprint density at radius 3 is 2.76 bits per heavy atom. The number of aromatic amines is 1. The average molecular weight is 361 g/mol. The van der Waals surface area contributed by atoms with Gasteiger partial charge >= 0.3 is 6.03 Å². The zero-order chi connectivity index (χ0) is 18.0. The predicted octanol–water partition coefficient (Wildman–Crippen LogP) is 5.14. The third-order valence-corrected chi connectivity index (χ3v) is 5.36. The molecule has 6 heteroatoms. The van der Waals surface area contributed by atoms with E-state index in [1.54, 1.807) is 6.07 Å². The number of nitrogens with one attached hydrogen (secondary N) is 2. The monoisotopic (exact) mass is 360 g/mol. The van der Waals surface area contributed by atoms with E-state index in [9.17, 15) is 4.79 Å². The number of nitrogens with zero attached hydrogens (tertiary/aromatic N) is 2. The maximum Gasteiger partial charge on any atom is 0.322 e. The highest BCUT2D eigenvalue weighted by Crippen LogP contribution is 2.33. The number of halogens is 1. The second-order valence-electron chi connectivity index (χ2n) is 6.80. The fourth-order valence-corrected chi connectivity index (χ4v) is 3.75. The van der Waals surface area contributed by atoms with E-state index in [0.29, 0.717) is 5.02 Å². The Hall–Kier alpha value is -2.01. The van der Waals surface area contributed by atoms with Gasteiger partial charge in [-0.25, -0.2) is 4.79 Å². The van der Waals surface area contributed by atoms with Crippen molar-refractivity contribution in [1.82, 2.24) is 15.1 Å². The molecule has 0 radical (unpaired) electrons. The number of likely N-dealkylation sites (tertiary alicyclic amines) is 1. The van der Waals surface area contributed by atoms with Crippen LogP contribution in [0.3, 0.4) is 0 Å². The van der Waals surface area contributed by atoms with Gasteiger partial charge in [0.2, 0.25) is 0 Å². The number of benzene rings is 1. The molecule has 2 aromatic rings. The Bertz CT molecular complexity index is 751. The third-order valence-electron chi connectivity index (χ3n) is 4.96. The highest BCUT2D eigenvalue weighted by molar-refractivity contribution is 6.31. The van der Waals surface area contributed by atoms with Crippen LogP contribution in [0, 0.1) is 20.8 Å². The van der Waals surface area contributed by atoms with E-state index >= 15 is 0 Å². The largest absolute Gasteiger partial charge is 0.322 e. The minimum atomic E-state index is -0.0770. The fraction of sp³-hybridized carbons (Fsp3) is 0.474. The van der Waals surface area contributed by atoms with Crippen molar-refractivity contribution in [2.45, 2.75) is 52.5 Å². The van der Waals surface area contributed by atoms with Crippen molar-refractivity contribution in [3.05, 3.63) is 45.7 Å². The summed E-state index contributed by atoms with van der Waals surface area (Å²) < 4.78 is 0. The molecule has 0 bridgehead atoms. The highest BCUT2D eigenvalue weighted by Gasteiger charge is 2.30. The van der Waals surface area contributed by atoms with Gasteiger partial charge in [0.05, 0.1) is 11.7 Å². The van der Waals surface area contributed by atoms with Crippen molar-refractivity contribution in [2.24, 2.45) is 0 Å². The summed E-state index contributed by atoms with van der Waals surface area (Å²) in [6.07, 6.45) is 4.25. The molecule has 0 spiro atoms. The number of hydrogen-bond acceptors (Lipinski definition) is 2. The van der Waals surface area contributed by atoms with Gasteiger partial charge < -0.3 is 10.2 Å². The molecule has 5 nitrogen and oxygen atoms in total. The molecule has 1 aliphatic rings. The van der Waals surface area contributed by atoms with Crippen LogP contribution < -0.4 is 5.32 Å². The van der Waals surface area contributed by atoms with Crippen LogP contribution in [0.25, 0.3) is 0 Å². The van der Waals surface area contributed by atoms with Crippen LogP contribution in [0.4, 0.5) is 10.5 Å². The molecule has 1 aromatic heterocycles. The van der Waals surface area contributed by atoms with Crippen LogP contribution in [0.1, 0.15) is 54.2 Å². The number of carbonyl (C=O) groups is 1. The SMILES string of the molecule is Cc1ccc(NC(=O)N2CCCCC[C@H]2c2c(C)n[nH]c2C)cc1Cl. The number of rotatable bonds is 2. The van der Waals surface area contributed by atoms with Crippen molar-refractivity contribution < 1.29 is 4.79 Å². The molecule has 1 saturated heterocycles. The molecule has 134 valence electrons. The van der Waals surface area contributed by atoms with Crippen molar-refractivity contribution in [3.63, 3.8) is 0 Å². The summed E-state index contributed by atoms with van der Waals surface area (Å²) in [6, 6.07) is 5.59. The number of aromatic nitrogens is 2. The van der Waals surface area contributed by atoms with Gasteiger partial charge in [0.25, 0.3) is 0 Å². The second kappa shape index (κ2) is 7.48. The molecule has 2 amide bonds. The lowest BCUT2D eigenvalue weighted by Gasteiger charge is -2.30. The molecular formula is C19H25ClN4O. The van der Waals surface area contributed by atoms with Gasteiger partial charge in [-0.05, 0) is 51.3 Å². The summed E-state index contributed by atoms with van der Waals surface area (Å²) in [4.78, 5) is 14.9. The lowest BCUT2D eigenvalue weighted by molar-refractivity contribution is 0.189. The van der Waals surface area contributed by atoms with Gasteiger partial charge in [0.1, 0.15) is 0 Å². The molecule has 0 unspecified atom stereocenters. The summed E-state index contributed by atoms with van der Waals surface area (Å²) in [5.41, 5.74) is 4.89. The molecule has 2 heterocycles. The highest BCUT2D eigenvalue weighted by atomic mass is 35.5. The molecule has 1 aromatic carbocycles. The minimum Gasteiger partial charge on any atom is -0.317 e. The maximum atomic E-state index is 13.0. The fourth-order valence-electron chi connectivity index (χ4n) is 3.57. The van der Waals surface area contributed by atoms with Crippen molar-refractivity contribution in [2.75, 3.05) is 11.9 Å². The summed E-state index contributed by atoms with van der Waals surface area (Å²) in [7, 11) is 0. The summed E-state index contributed by atoms with van der Waals surface area (Å²) >= 11 is 6.18. The van der Waals surface area contributed by atoms with Crippen molar-refractivity contribution in [1.29, 1.82) is 0 Å². The van der Waals surface area contributed by atoms with E-state index in [2.05, 4.69) is 15.5 Å². The molecule has 1 fully saturated rings. The van der Waals surface area contributed by atoms with Gasteiger partial charge in [-0.3, -0.25) is 5.10 Å². The molecule has 1 atom stereocenters. The van der Waals surface area contributed by atoms with Gasteiger partial charge in [-0.1, -0.05) is 30.5 Å². The van der Waals surface area contributed by atoms with Gasteiger partial charge in [0.15, 0.2) is 0 Å². The average Bonchev–Trinajstić information content (AvgIpc) is 2.77. The Labute approximate surface area is 153 Å².